The Morgan fingerprint density at radius 3 is 2.78 bits per heavy atom. The molecule has 2 saturated heterocycles. The van der Waals surface area contributed by atoms with Gasteiger partial charge >= 0.3 is 0 Å². The zero-order valence-corrected chi connectivity index (χ0v) is 11.1. The van der Waals surface area contributed by atoms with Crippen molar-refractivity contribution in [2.24, 2.45) is 11.7 Å². The number of carbonyl (C=O) groups is 1. The highest BCUT2D eigenvalue weighted by molar-refractivity contribution is 5.81. The normalized spacial score (nSPS) is 31.8. The monoisotopic (exact) mass is 256 g/mol. The third-order valence-electron chi connectivity index (χ3n) is 3.84. The molecule has 0 saturated carbocycles. The predicted octanol–water partition coefficient (Wildman–Crippen LogP) is 0.378. The fourth-order valence-electron chi connectivity index (χ4n) is 2.68. The summed E-state index contributed by atoms with van der Waals surface area (Å²) in [5.74, 6) is 0.612. The van der Waals surface area contributed by atoms with Crippen molar-refractivity contribution in [1.29, 1.82) is 0 Å². The summed E-state index contributed by atoms with van der Waals surface area (Å²) in [6.45, 7) is 5.66. The van der Waals surface area contributed by atoms with E-state index >= 15 is 0 Å². The molecule has 5 heteroatoms. The lowest BCUT2D eigenvalue weighted by Crippen LogP contribution is -2.42. The molecule has 0 aliphatic carbocycles. The van der Waals surface area contributed by atoms with Gasteiger partial charge in [0.2, 0.25) is 0 Å². The van der Waals surface area contributed by atoms with Crippen LogP contribution in [0.25, 0.3) is 0 Å². The number of rotatable bonds is 5. The van der Waals surface area contributed by atoms with Gasteiger partial charge in [0.25, 0.3) is 5.91 Å². The first-order chi connectivity index (χ1) is 8.74. The predicted molar refractivity (Wildman–Crippen MR) is 68.1 cm³/mol. The quantitative estimate of drug-likeness (QED) is 0.772. The summed E-state index contributed by atoms with van der Waals surface area (Å²) in [6.07, 6.45) is 2.55. The molecule has 2 heterocycles. The van der Waals surface area contributed by atoms with Gasteiger partial charge in [-0.2, -0.15) is 0 Å². The fourth-order valence-corrected chi connectivity index (χ4v) is 2.68. The largest absolute Gasteiger partial charge is 0.381 e. The van der Waals surface area contributed by atoms with E-state index < -0.39 is 0 Å². The summed E-state index contributed by atoms with van der Waals surface area (Å²) in [5, 5.41) is 0. The third kappa shape index (κ3) is 3.22. The molecule has 0 bridgehead atoms. The molecule has 18 heavy (non-hydrogen) atoms. The first-order valence-electron chi connectivity index (χ1n) is 6.96. The van der Waals surface area contributed by atoms with Crippen molar-refractivity contribution in [1.82, 2.24) is 4.90 Å². The van der Waals surface area contributed by atoms with Crippen molar-refractivity contribution >= 4 is 5.91 Å². The van der Waals surface area contributed by atoms with Crippen LogP contribution in [0.4, 0.5) is 0 Å². The number of likely N-dealkylation sites (N-methyl/N-ethyl adjacent to an activating group) is 1. The third-order valence-corrected chi connectivity index (χ3v) is 3.84. The summed E-state index contributed by atoms with van der Waals surface area (Å²) in [7, 11) is 0. The lowest BCUT2D eigenvalue weighted by molar-refractivity contribution is -0.143. The molecule has 104 valence electrons. The standard InChI is InChI=1S/C13H24N2O3/c1-2-15(8-10-5-6-17-9-10)13(16)12-4-3-11(7-14)18-12/h10-12H,2-9,14H2,1H3. The van der Waals surface area contributed by atoms with Gasteiger partial charge in [0.05, 0.1) is 12.7 Å². The van der Waals surface area contributed by atoms with Crippen LogP contribution in [0.2, 0.25) is 0 Å². The number of nitrogens with two attached hydrogens (primary N) is 1. The second kappa shape index (κ2) is 6.50. The minimum absolute atomic E-state index is 0.0625. The van der Waals surface area contributed by atoms with E-state index in [2.05, 4.69) is 0 Å². The van der Waals surface area contributed by atoms with Gasteiger partial charge in [-0.3, -0.25) is 4.79 Å². The molecule has 3 atom stereocenters. The smallest absolute Gasteiger partial charge is 0.251 e. The van der Waals surface area contributed by atoms with E-state index in [1.807, 2.05) is 11.8 Å². The van der Waals surface area contributed by atoms with E-state index in [9.17, 15) is 4.79 Å². The molecule has 0 aromatic rings. The van der Waals surface area contributed by atoms with E-state index in [1.54, 1.807) is 0 Å². The van der Waals surface area contributed by atoms with Crippen LogP contribution in [0.3, 0.4) is 0 Å². The van der Waals surface area contributed by atoms with Gasteiger partial charge in [0, 0.05) is 32.2 Å². The van der Waals surface area contributed by atoms with Crippen molar-refractivity contribution in [3.05, 3.63) is 0 Å². The van der Waals surface area contributed by atoms with Crippen molar-refractivity contribution in [3.8, 4) is 0 Å². The van der Waals surface area contributed by atoms with E-state index in [0.29, 0.717) is 12.5 Å². The Morgan fingerprint density at radius 2 is 2.22 bits per heavy atom. The molecule has 2 fully saturated rings. The summed E-state index contributed by atoms with van der Waals surface area (Å²) < 4.78 is 11.0. The molecule has 2 N–H and O–H groups in total. The molecule has 2 aliphatic rings. The summed E-state index contributed by atoms with van der Waals surface area (Å²) in [4.78, 5) is 14.3. The minimum Gasteiger partial charge on any atom is -0.381 e. The van der Waals surface area contributed by atoms with Crippen molar-refractivity contribution < 1.29 is 14.3 Å². The number of ether oxygens (including phenoxy) is 2. The second-order valence-corrected chi connectivity index (χ2v) is 5.17. The fraction of sp³-hybridized carbons (Fsp3) is 0.923. The van der Waals surface area contributed by atoms with Crippen LogP contribution in [-0.4, -0.2) is 55.9 Å². The average molecular weight is 256 g/mol. The Balaban J connectivity index is 1.85. The molecule has 0 radical (unpaired) electrons. The molecule has 0 spiro atoms. The number of hydrogen-bond donors (Lipinski definition) is 1. The van der Waals surface area contributed by atoms with Gasteiger partial charge < -0.3 is 20.1 Å². The first kappa shape index (κ1) is 13.8. The minimum atomic E-state index is -0.277. The van der Waals surface area contributed by atoms with E-state index in [1.165, 1.54) is 0 Å². The molecule has 0 aromatic carbocycles. The van der Waals surface area contributed by atoms with Gasteiger partial charge in [-0.05, 0) is 26.2 Å². The maximum Gasteiger partial charge on any atom is 0.251 e. The van der Waals surface area contributed by atoms with Crippen LogP contribution >= 0.6 is 0 Å². The summed E-state index contributed by atoms with van der Waals surface area (Å²) in [5.41, 5.74) is 5.57. The molecule has 5 nitrogen and oxygen atoms in total. The van der Waals surface area contributed by atoms with Crippen LogP contribution in [0.5, 0.6) is 0 Å². The number of nitrogens with zero attached hydrogens (tertiary/aromatic N) is 1. The highest BCUT2D eigenvalue weighted by Crippen LogP contribution is 2.22. The van der Waals surface area contributed by atoms with Crippen LogP contribution in [0, 0.1) is 5.92 Å². The van der Waals surface area contributed by atoms with E-state index in [-0.39, 0.29) is 18.1 Å². The Kier molecular flexibility index (Phi) is 4.97. The number of hydrogen-bond acceptors (Lipinski definition) is 4. The highest BCUT2D eigenvalue weighted by Gasteiger charge is 2.33. The Morgan fingerprint density at radius 1 is 1.39 bits per heavy atom. The molecule has 3 unspecified atom stereocenters. The van der Waals surface area contributed by atoms with E-state index in [4.69, 9.17) is 15.2 Å². The maximum atomic E-state index is 12.3. The molecular weight excluding hydrogens is 232 g/mol. The Bertz CT molecular complexity index is 279. The van der Waals surface area contributed by atoms with Crippen molar-refractivity contribution in [2.75, 3.05) is 32.8 Å². The van der Waals surface area contributed by atoms with Crippen LogP contribution in [-0.2, 0) is 14.3 Å². The van der Waals surface area contributed by atoms with Gasteiger partial charge in [0.1, 0.15) is 6.10 Å². The average Bonchev–Trinajstić information content (AvgIpc) is 3.06. The SMILES string of the molecule is CCN(CC1CCOC1)C(=O)C1CCC(CN)O1. The maximum absolute atomic E-state index is 12.3. The molecule has 2 aliphatic heterocycles. The Hall–Kier alpha value is -0.650. The number of amides is 1. The topological polar surface area (TPSA) is 64.8 Å². The Labute approximate surface area is 109 Å². The van der Waals surface area contributed by atoms with E-state index in [0.717, 1.165) is 45.6 Å². The summed E-state index contributed by atoms with van der Waals surface area (Å²) >= 11 is 0. The first-order valence-corrected chi connectivity index (χ1v) is 6.96. The van der Waals surface area contributed by atoms with Crippen LogP contribution < -0.4 is 5.73 Å². The van der Waals surface area contributed by atoms with Gasteiger partial charge in [0.15, 0.2) is 0 Å². The van der Waals surface area contributed by atoms with Crippen molar-refractivity contribution in [3.63, 3.8) is 0 Å². The zero-order chi connectivity index (χ0) is 13.0. The molecular formula is C13H24N2O3. The van der Waals surface area contributed by atoms with Gasteiger partial charge in [-0.15, -0.1) is 0 Å². The lowest BCUT2D eigenvalue weighted by Gasteiger charge is -2.26. The van der Waals surface area contributed by atoms with Gasteiger partial charge in [-0.1, -0.05) is 0 Å². The van der Waals surface area contributed by atoms with Crippen LogP contribution in [0.1, 0.15) is 26.2 Å². The van der Waals surface area contributed by atoms with Gasteiger partial charge in [-0.25, -0.2) is 0 Å². The number of carbonyl (C=O) groups excluding carboxylic acids is 1. The highest BCUT2D eigenvalue weighted by atomic mass is 16.5. The molecule has 0 aromatic heterocycles. The summed E-state index contributed by atoms with van der Waals surface area (Å²) in [6, 6.07) is 0. The van der Waals surface area contributed by atoms with Crippen molar-refractivity contribution in [2.45, 2.75) is 38.4 Å². The molecule has 2 rings (SSSR count). The zero-order valence-electron chi connectivity index (χ0n) is 11.1. The molecule has 1 amide bonds. The van der Waals surface area contributed by atoms with Crippen LogP contribution in [0.15, 0.2) is 0 Å². The lowest BCUT2D eigenvalue weighted by atomic mass is 10.1. The second-order valence-electron chi connectivity index (χ2n) is 5.17.